The Morgan fingerprint density at radius 2 is 1.60 bits per heavy atom. The first-order valence-corrected chi connectivity index (χ1v) is 12.5. The van der Waals surface area contributed by atoms with E-state index in [4.69, 9.17) is 0 Å². The lowest BCUT2D eigenvalue weighted by Crippen LogP contribution is -2.66. The quantitative estimate of drug-likeness (QED) is 0.673. The van der Waals surface area contributed by atoms with Crippen molar-refractivity contribution >= 4 is 17.8 Å². The van der Waals surface area contributed by atoms with Gasteiger partial charge in [-0.05, 0) is 44.2 Å². The number of fused-ring (bicyclic) bond motifs is 3. The van der Waals surface area contributed by atoms with Gasteiger partial charge in [0.25, 0.3) is 0 Å². The van der Waals surface area contributed by atoms with Crippen LogP contribution in [0.4, 0.5) is 4.79 Å². The van der Waals surface area contributed by atoms with Crippen molar-refractivity contribution in [2.75, 3.05) is 0 Å². The third-order valence-corrected chi connectivity index (χ3v) is 7.24. The van der Waals surface area contributed by atoms with E-state index >= 15 is 0 Å². The topological polar surface area (TPSA) is 85.0 Å². The molecule has 2 heterocycles. The average molecular weight is 476 g/mol. The molecule has 1 saturated carbocycles. The SMILES string of the molecule is CC(C)NC(=O)C1CCC2C(=O)N(Cc3ccccc3)C3NN(Cc4ccccc4)C(=O)N3C2C1. The van der Waals surface area contributed by atoms with Crippen LogP contribution in [-0.4, -0.2) is 51.0 Å². The lowest BCUT2D eigenvalue weighted by Gasteiger charge is -2.49. The number of rotatable bonds is 6. The van der Waals surface area contributed by atoms with Gasteiger partial charge in [-0.25, -0.2) is 4.79 Å². The Hall–Kier alpha value is -3.39. The monoisotopic (exact) mass is 475 g/mol. The molecule has 2 aliphatic heterocycles. The molecule has 3 aliphatic rings. The molecule has 0 spiro atoms. The lowest BCUT2D eigenvalue weighted by molar-refractivity contribution is -0.159. The Morgan fingerprint density at radius 1 is 0.971 bits per heavy atom. The highest BCUT2D eigenvalue weighted by molar-refractivity contribution is 5.87. The summed E-state index contributed by atoms with van der Waals surface area (Å²) in [6.07, 6.45) is 1.17. The minimum atomic E-state index is -0.577. The minimum absolute atomic E-state index is 0.00918. The Balaban J connectivity index is 1.43. The van der Waals surface area contributed by atoms with E-state index in [1.807, 2.05) is 79.4 Å². The van der Waals surface area contributed by atoms with E-state index in [2.05, 4.69) is 10.7 Å². The first-order valence-electron chi connectivity index (χ1n) is 12.5. The molecule has 2 N–H and O–H groups in total. The number of benzene rings is 2. The van der Waals surface area contributed by atoms with Gasteiger partial charge < -0.3 is 10.2 Å². The Morgan fingerprint density at radius 3 is 2.23 bits per heavy atom. The Kier molecular flexibility index (Phi) is 6.47. The van der Waals surface area contributed by atoms with E-state index in [0.29, 0.717) is 32.4 Å². The van der Waals surface area contributed by atoms with Gasteiger partial charge >= 0.3 is 6.03 Å². The number of carbonyl (C=O) groups excluding carboxylic acids is 3. The van der Waals surface area contributed by atoms with Crippen molar-refractivity contribution in [3.8, 4) is 0 Å². The fourth-order valence-electron chi connectivity index (χ4n) is 5.58. The van der Waals surface area contributed by atoms with Crippen molar-refractivity contribution in [1.82, 2.24) is 25.6 Å². The molecular formula is C27H33N5O3. The molecule has 4 unspecified atom stereocenters. The summed E-state index contributed by atoms with van der Waals surface area (Å²) in [5.41, 5.74) is 5.33. The zero-order valence-electron chi connectivity index (χ0n) is 20.3. The van der Waals surface area contributed by atoms with Crippen LogP contribution in [0.1, 0.15) is 44.2 Å². The summed E-state index contributed by atoms with van der Waals surface area (Å²) in [6.45, 7) is 4.70. The fraction of sp³-hybridized carbons (Fsp3) is 0.444. The van der Waals surface area contributed by atoms with E-state index in [1.54, 1.807) is 9.91 Å². The molecular weight excluding hydrogens is 442 g/mol. The number of nitrogens with one attached hydrogen (secondary N) is 2. The molecule has 2 aromatic carbocycles. The van der Waals surface area contributed by atoms with Crippen molar-refractivity contribution in [1.29, 1.82) is 0 Å². The molecule has 8 heteroatoms. The highest BCUT2D eigenvalue weighted by atomic mass is 16.2. The van der Waals surface area contributed by atoms with E-state index in [9.17, 15) is 14.4 Å². The number of hydrazine groups is 1. The van der Waals surface area contributed by atoms with Crippen LogP contribution < -0.4 is 10.7 Å². The van der Waals surface area contributed by atoms with E-state index in [0.717, 1.165) is 11.1 Å². The number of nitrogens with zero attached hydrogens (tertiary/aromatic N) is 3. The smallest absolute Gasteiger partial charge is 0.337 e. The zero-order valence-corrected chi connectivity index (χ0v) is 20.3. The first-order chi connectivity index (χ1) is 16.9. The summed E-state index contributed by atoms with van der Waals surface area (Å²) < 4.78 is 0. The Labute approximate surface area is 206 Å². The molecule has 35 heavy (non-hydrogen) atoms. The van der Waals surface area contributed by atoms with Gasteiger partial charge in [-0.15, -0.1) is 0 Å². The van der Waals surface area contributed by atoms with Crippen molar-refractivity contribution in [2.45, 2.75) is 64.6 Å². The van der Waals surface area contributed by atoms with E-state index in [-0.39, 0.29) is 41.8 Å². The number of amides is 4. The molecule has 1 aliphatic carbocycles. The van der Waals surface area contributed by atoms with Crippen LogP contribution in [0.25, 0.3) is 0 Å². The number of hydrogen-bond donors (Lipinski definition) is 2. The summed E-state index contributed by atoms with van der Waals surface area (Å²) in [7, 11) is 0. The molecule has 5 rings (SSSR count). The second kappa shape index (κ2) is 9.70. The molecule has 0 bridgehead atoms. The summed E-state index contributed by atoms with van der Waals surface area (Å²) in [6, 6.07) is 19.3. The summed E-state index contributed by atoms with van der Waals surface area (Å²) in [4.78, 5) is 43.9. The first kappa shape index (κ1) is 23.4. The zero-order chi connectivity index (χ0) is 24.5. The van der Waals surface area contributed by atoms with Gasteiger partial charge in [-0.3, -0.25) is 19.5 Å². The second-order valence-corrected chi connectivity index (χ2v) is 10.1. The molecule has 2 aromatic rings. The van der Waals surface area contributed by atoms with Gasteiger partial charge in [0.1, 0.15) is 0 Å². The fourth-order valence-corrected chi connectivity index (χ4v) is 5.58. The van der Waals surface area contributed by atoms with Crippen molar-refractivity contribution in [2.24, 2.45) is 11.8 Å². The molecule has 4 atom stereocenters. The van der Waals surface area contributed by atoms with Gasteiger partial charge in [0, 0.05) is 24.5 Å². The molecule has 2 saturated heterocycles. The van der Waals surface area contributed by atoms with Crippen molar-refractivity contribution in [3.63, 3.8) is 0 Å². The highest BCUT2D eigenvalue weighted by Gasteiger charge is 2.56. The molecule has 0 aromatic heterocycles. The standard InChI is InChI=1S/C27H33N5O3/c1-18(2)28-24(33)21-13-14-22-23(15-21)32-26(30(25(22)34)16-19-9-5-3-6-10-19)29-31(27(32)35)17-20-11-7-4-8-12-20/h3-12,18,21-23,26,29H,13-17H2,1-2H3,(H,28,33). The van der Waals surface area contributed by atoms with Crippen LogP contribution >= 0.6 is 0 Å². The molecule has 184 valence electrons. The maximum atomic E-state index is 13.8. The predicted molar refractivity (Wildman–Crippen MR) is 131 cm³/mol. The molecule has 8 nitrogen and oxygen atoms in total. The summed E-state index contributed by atoms with van der Waals surface area (Å²) in [5, 5.41) is 4.61. The lowest BCUT2D eigenvalue weighted by atomic mass is 9.75. The van der Waals surface area contributed by atoms with Gasteiger partial charge in [-0.1, -0.05) is 60.7 Å². The predicted octanol–water partition coefficient (Wildman–Crippen LogP) is 3.06. The largest absolute Gasteiger partial charge is 0.354 e. The van der Waals surface area contributed by atoms with E-state index < -0.39 is 6.29 Å². The second-order valence-electron chi connectivity index (χ2n) is 10.1. The van der Waals surface area contributed by atoms with Crippen LogP contribution in [0, 0.1) is 11.8 Å². The van der Waals surface area contributed by atoms with Crippen LogP contribution in [0.3, 0.4) is 0 Å². The van der Waals surface area contributed by atoms with Crippen LogP contribution in [0.15, 0.2) is 60.7 Å². The molecule has 0 radical (unpaired) electrons. The van der Waals surface area contributed by atoms with Crippen LogP contribution in [0.2, 0.25) is 0 Å². The number of carbonyl (C=O) groups is 3. The van der Waals surface area contributed by atoms with Gasteiger partial charge in [-0.2, -0.15) is 5.43 Å². The van der Waals surface area contributed by atoms with Crippen molar-refractivity contribution in [3.05, 3.63) is 71.8 Å². The van der Waals surface area contributed by atoms with Gasteiger partial charge in [0.2, 0.25) is 11.8 Å². The number of hydrogen-bond acceptors (Lipinski definition) is 4. The maximum Gasteiger partial charge on any atom is 0.337 e. The molecule has 3 fully saturated rings. The van der Waals surface area contributed by atoms with Gasteiger partial charge in [0.15, 0.2) is 6.29 Å². The van der Waals surface area contributed by atoms with Gasteiger partial charge in [0.05, 0.1) is 12.5 Å². The van der Waals surface area contributed by atoms with Crippen LogP contribution in [0.5, 0.6) is 0 Å². The highest BCUT2D eigenvalue weighted by Crippen LogP contribution is 2.41. The minimum Gasteiger partial charge on any atom is -0.354 e. The van der Waals surface area contributed by atoms with E-state index in [1.165, 1.54) is 0 Å². The van der Waals surface area contributed by atoms with Crippen molar-refractivity contribution < 1.29 is 14.4 Å². The number of urea groups is 1. The summed E-state index contributed by atoms with van der Waals surface area (Å²) >= 11 is 0. The average Bonchev–Trinajstić information content (AvgIpc) is 3.18. The summed E-state index contributed by atoms with van der Waals surface area (Å²) in [5.74, 6) is -0.455. The third-order valence-electron chi connectivity index (χ3n) is 7.24. The van der Waals surface area contributed by atoms with Crippen LogP contribution in [-0.2, 0) is 22.7 Å². The molecule has 4 amide bonds. The third kappa shape index (κ3) is 4.62. The maximum absolute atomic E-state index is 13.8. The Bertz CT molecular complexity index is 1080. The normalized spacial score (nSPS) is 26.1.